The molecule has 168 valence electrons. The van der Waals surface area contributed by atoms with Gasteiger partial charge in [0, 0.05) is 49.2 Å². The first-order chi connectivity index (χ1) is 16.1. The van der Waals surface area contributed by atoms with Gasteiger partial charge in [0.1, 0.15) is 16.1 Å². The number of fused-ring (bicyclic) bond motifs is 1. The highest BCUT2D eigenvalue weighted by Gasteiger charge is 2.22. The molecule has 0 saturated carbocycles. The minimum Gasteiger partial charge on any atom is -0.349 e. The van der Waals surface area contributed by atoms with E-state index in [0.717, 1.165) is 42.7 Å². The van der Waals surface area contributed by atoms with E-state index in [2.05, 4.69) is 42.2 Å². The zero-order chi connectivity index (χ0) is 22.8. The number of amides is 1. The highest BCUT2D eigenvalue weighted by atomic mass is 79.9. The lowest BCUT2D eigenvalue weighted by Gasteiger charge is -2.32. The van der Waals surface area contributed by atoms with Gasteiger partial charge in [-0.3, -0.25) is 19.1 Å². The zero-order valence-electron chi connectivity index (χ0n) is 17.9. The average molecular weight is 508 g/mol. The molecule has 4 heterocycles. The molecule has 0 spiro atoms. The van der Waals surface area contributed by atoms with Crippen LogP contribution in [-0.2, 0) is 6.54 Å². The topological polar surface area (TPSA) is 62.5 Å². The van der Waals surface area contributed by atoms with E-state index < -0.39 is 0 Å². The fourth-order valence-electron chi connectivity index (χ4n) is 4.25. The lowest BCUT2D eigenvalue weighted by Crippen LogP contribution is -2.44. The lowest BCUT2D eigenvalue weighted by atomic mass is 10.0. The maximum Gasteiger partial charge on any atom is 0.253 e. The number of rotatable bonds is 5. The van der Waals surface area contributed by atoms with E-state index in [9.17, 15) is 9.18 Å². The summed E-state index contributed by atoms with van der Waals surface area (Å²) in [4.78, 5) is 23.9. The van der Waals surface area contributed by atoms with Gasteiger partial charge in [-0.15, -0.1) is 0 Å². The number of hydrogen-bond acceptors (Lipinski definition) is 4. The number of nitrogens with one attached hydrogen (secondary N) is 1. The summed E-state index contributed by atoms with van der Waals surface area (Å²) in [5.41, 5.74) is 3.99. The fourth-order valence-corrected chi connectivity index (χ4v) is 4.64. The van der Waals surface area contributed by atoms with Crippen molar-refractivity contribution in [3.05, 3.63) is 88.7 Å². The van der Waals surface area contributed by atoms with Crippen LogP contribution in [0, 0.1) is 5.82 Å². The van der Waals surface area contributed by atoms with E-state index in [0.29, 0.717) is 16.8 Å². The summed E-state index contributed by atoms with van der Waals surface area (Å²) < 4.78 is 16.4. The van der Waals surface area contributed by atoms with Gasteiger partial charge >= 0.3 is 0 Å². The van der Waals surface area contributed by atoms with E-state index in [1.54, 1.807) is 30.5 Å². The Kier molecular flexibility index (Phi) is 6.20. The molecule has 1 aliphatic rings. The van der Waals surface area contributed by atoms with E-state index in [-0.39, 0.29) is 17.8 Å². The molecule has 1 saturated heterocycles. The molecule has 0 bridgehead atoms. The second-order valence-corrected chi connectivity index (χ2v) is 9.09. The van der Waals surface area contributed by atoms with Crippen molar-refractivity contribution in [3.63, 3.8) is 0 Å². The van der Waals surface area contributed by atoms with Crippen LogP contribution in [0.5, 0.6) is 0 Å². The van der Waals surface area contributed by atoms with Crippen LogP contribution in [0.2, 0.25) is 0 Å². The molecule has 3 aromatic heterocycles. The van der Waals surface area contributed by atoms with Crippen molar-refractivity contribution < 1.29 is 9.18 Å². The second kappa shape index (κ2) is 9.41. The minimum absolute atomic E-state index is 0.126. The van der Waals surface area contributed by atoms with Crippen molar-refractivity contribution in [1.29, 1.82) is 0 Å². The van der Waals surface area contributed by atoms with Crippen LogP contribution in [0.4, 0.5) is 4.39 Å². The lowest BCUT2D eigenvalue weighted by molar-refractivity contribution is 0.0908. The van der Waals surface area contributed by atoms with Gasteiger partial charge < -0.3 is 5.32 Å². The number of hydrogen-bond donors (Lipinski definition) is 1. The Labute approximate surface area is 199 Å². The molecule has 1 fully saturated rings. The Morgan fingerprint density at radius 3 is 2.70 bits per heavy atom. The highest BCUT2D eigenvalue weighted by Crippen LogP contribution is 2.21. The summed E-state index contributed by atoms with van der Waals surface area (Å²) >= 11 is 3.52. The molecular formula is C25H23BrFN5O. The highest BCUT2D eigenvalue weighted by molar-refractivity contribution is 9.10. The summed E-state index contributed by atoms with van der Waals surface area (Å²) in [6.07, 6.45) is 7.15. The van der Waals surface area contributed by atoms with E-state index in [4.69, 9.17) is 0 Å². The number of imidazole rings is 1. The summed E-state index contributed by atoms with van der Waals surface area (Å²) in [6, 6.07) is 14.0. The minimum atomic E-state index is -0.309. The van der Waals surface area contributed by atoms with Gasteiger partial charge in [-0.1, -0.05) is 18.2 Å². The predicted octanol–water partition coefficient (Wildman–Crippen LogP) is 4.69. The van der Waals surface area contributed by atoms with E-state index in [1.807, 2.05) is 22.9 Å². The zero-order valence-corrected chi connectivity index (χ0v) is 19.5. The number of nitrogens with zero attached hydrogens (tertiary/aromatic N) is 4. The first kappa shape index (κ1) is 21.7. The van der Waals surface area contributed by atoms with Gasteiger partial charge in [0.05, 0.1) is 17.5 Å². The van der Waals surface area contributed by atoms with Crippen molar-refractivity contribution in [2.24, 2.45) is 0 Å². The van der Waals surface area contributed by atoms with E-state index in [1.165, 1.54) is 17.7 Å². The summed E-state index contributed by atoms with van der Waals surface area (Å²) in [6.45, 7) is 2.65. The summed E-state index contributed by atoms with van der Waals surface area (Å²) in [5, 5.41) is 3.13. The predicted molar refractivity (Wildman–Crippen MR) is 128 cm³/mol. The third kappa shape index (κ3) is 4.82. The van der Waals surface area contributed by atoms with E-state index >= 15 is 0 Å². The van der Waals surface area contributed by atoms with Crippen LogP contribution in [0.1, 0.15) is 28.8 Å². The standard InChI is InChI=1S/C25H23BrFN5O/c26-23-15-29-24-19(4-2-10-32(23)24)16-31-11-8-21(9-12-31)30-25(33)18-6-7-22(28-14-18)17-3-1-5-20(27)13-17/h1-7,10,13-15,21H,8-9,11-12,16H2,(H,30,33). The van der Waals surface area contributed by atoms with Crippen LogP contribution < -0.4 is 5.32 Å². The third-order valence-corrected chi connectivity index (χ3v) is 6.62. The van der Waals surface area contributed by atoms with Gasteiger partial charge in [0.2, 0.25) is 0 Å². The Morgan fingerprint density at radius 2 is 1.94 bits per heavy atom. The van der Waals surface area contributed by atoms with Crippen molar-refractivity contribution in [1.82, 2.24) is 24.6 Å². The fraction of sp³-hybridized carbons (Fsp3) is 0.240. The molecule has 1 aliphatic heterocycles. The largest absolute Gasteiger partial charge is 0.349 e. The Bertz CT molecular complexity index is 1280. The number of carbonyl (C=O) groups is 1. The van der Waals surface area contributed by atoms with Crippen molar-refractivity contribution in [3.8, 4) is 11.3 Å². The number of piperidine rings is 1. The molecule has 0 radical (unpaired) electrons. The maximum absolute atomic E-state index is 13.4. The molecule has 0 unspecified atom stereocenters. The second-order valence-electron chi connectivity index (χ2n) is 8.27. The Balaban J connectivity index is 1.16. The smallest absolute Gasteiger partial charge is 0.253 e. The number of benzene rings is 1. The summed E-state index contributed by atoms with van der Waals surface area (Å²) in [5.74, 6) is -0.435. The molecule has 5 rings (SSSR count). The number of halogens is 2. The Hall–Kier alpha value is -3.10. The number of likely N-dealkylation sites (tertiary alicyclic amines) is 1. The van der Waals surface area contributed by atoms with Gasteiger partial charge in [0.25, 0.3) is 5.91 Å². The molecular weight excluding hydrogens is 485 g/mol. The maximum atomic E-state index is 13.4. The first-order valence-electron chi connectivity index (χ1n) is 10.9. The quantitative estimate of drug-likeness (QED) is 0.425. The molecule has 1 N–H and O–H groups in total. The van der Waals surface area contributed by atoms with Gasteiger partial charge in [-0.05, 0) is 59.1 Å². The number of pyridine rings is 2. The normalized spacial score (nSPS) is 15.1. The van der Waals surface area contributed by atoms with Crippen molar-refractivity contribution >= 4 is 27.5 Å². The molecule has 0 atom stereocenters. The number of carbonyl (C=O) groups excluding carboxylic acids is 1. The van der Waals surface area contributed by atoms with Gasteiger partial charge in [-0.2, -0.15) is 0 Å². The average Bonchev–Trinajstić information content (AvgIpc) is 3.22. The van der Waals surface area contributed by atoms with Crippen LogP contribution in [0.15, 0.2) is 71.7 Å². The Morgan fingerprint density at radius 1 is 1.09 bits per heavy atom. The molecule has 1 amide bonds. The molecule has 4 aromatic rings. The molecule has 1 aromatic carbocycles. The van der Waals surface area contributed by atoms with Crippen molar-refractivity contribution in [2.75, 3.05) is 13.1 Å². The monoisotopic (exact) mass is 507 g/mol. The third-order valence-electron chi connectivity index (χ3n) is 6.03. The van der Waals surface area contributed by atoms with Gasteiger partial charge in [-0.25, -0.2) is 9.37 Å². The summed E-state index contributed by atoms with van der Waals surface area (Å²) in [7, 11) is 0. The van der Waals surface area contributed by atoms with Crippen LogP contribution >= 0.6 is 15.9 Å². The van der Waals surface area contributed by atoms with Crippen molar-refractivity contribution in [2.45, 2.75) is 25.4 Å². The molecule has 8 heteroatoms. The molecule has 33 heavy (non-hydrogen) atoms. The molecule has 6 nitrogen and oxygen atoms in total. The van der Waals surface area contributed by atoms with Crippen LogP contribution in [0.3, 0.4) is 0 Å². The van der Waals surface area contributed by atoms with Crippen LogP contribution in [-0.4, -0.2) is 44.3 Å². The SMILES string of the molecule is O=C(NC1CCN(Cc2cccn3c(Br)cnc23)CC1)c1ccc(-c2cccc(F)c2)nc1. The van der Waals surface area contributed by atoms with Gasteiger partial charge in [0.15, 0.2) is 0 Å². The number of aromatic nitrogens is 3. The van der Waals surface area contributed by atoms with Crippen LogP contribution in [0.25, 0.3) is 16.9 Å². The first-order valence-corrected chi connectivity index (χ1v) is 11.7. The molecule has 0 aliphatic carbocycles.